The van der Waals surface area contributed by atoms with Crippen molar-refractivity contribution >= 4 is 5.97 Å². The van der Waals surface area contributed by atoms with Crippen molar-refractivity contribution in [1.29, 1.82) is 0 Å². The molecule has 25 heavy (non-hydrogen) atoms. The van der Waals surface area contributed by atoms with Crippen LogP contribution < -0.4 is 0 Å². The summed E-state index contributed by atoms with van der Waals surface area (Å²) in [6.45, 7) is 0. The highest BCUT2D eigenvalue weighted by Gasteiger charge is 2.56. The van der Waals surface area contributed by atoms with Crippen LogP contribution in [-0.2, 0) is 14.3 Å². The minimum atomic E-state index is -4.86. The van der Waals surface area contributed by atoms with E-state index in [9.17, 15) is 23.1 Å². The third kappa shape index (κ3) is 4.30. The van der Waals surface area contributed by atoms with Crippen LogP contribution in [0.2, 0.25) is 0 Å². The number of cyclic esters (lactones) is 1. The number of carbonyl (C=O) groups excluding carboxylic acids is 1. The molecule has 0 bridgehead atoms. The highest BCUT2D eigenvalue weighted by Crippen LogP contribution is 2.42. The second-order valence-electron chi connectivity index (χ2n) is 7.71. The maximum Gasteiger partial charge on any atom is 0.415 e. The molecule has 3 fully saturated rings. The van der Waals surface area contributed by atoms with Crippen molar-refractivity contribution in [3.8, 4) is 0 Å². The molecular weight excluding hydrogens is 337 g/mol. The van der Waals surface area contributed by atoms with Crippen molar-refractivity contribution < 1.29 is 32.5 Å². The molecule has 4 nitrogen and oxygen atoms in total. The highest BCUT2D eigenvalue weighted by molar-refractivity contribution is 5.74. The number of hydrogen-bond donors (Lipinski definition) is 1. The molecule has 0 aromatic heterocycles. The summed E-state index contributed by atoms with van der Waals surface area (Å²) < 4.78 is 50.5. The molecule has 3 aliphatic rings. The van der Waals surface area contributed by atoms with Crippen molar-refractivity contribution in [3.05, 3.63) is 0 Å². The fraction of sp³-hybridized carbons (Fsp3) is 0.944. The maximum atomic E-state index is 13.1. The number of aliphatic hydroxyl groups excluding tert-OH is 1. The van der Waals surface area contributed by atoms with Crippen molar-refractivity contribution in [2.24, 2.45) is 17.8 Å². The number of rotatable bonds is 3. The number of hydrogen-bond acceptors (Lipinski definition) is 4. The minimum Gasteiger partial charge on any atom is -0.435 e. The van der Waals surface area contributed by atoms with Gasteiger partial charge in [0, 0.05) is 5.92 Å². The van der Waals surface area contributed by atoms with Gasteiger partial charge in [0.15, 0.2) is 6.10 Å². The molecule has 144 valence electrons. The first-order valence-electron chi connectivity index (χ1n) is 9.48. The smallest absolute Gasteiger partial charge is 0.415 e. The molecule has 1 heterocycles. The Morgan fingerprint density at radius 3 is 1.96 bits per heavy atom. The Balaban J connectivity index is 1.80. The normalized spacial score (nSPS) is 34.6. The van der Waals surface area contributed by atoms with E-state index in [1.807, 2.05) is 0 Å². The van der Waals surface area contributed by atoms with Gasteiger partial charge in [-0.05, 0) is 31.6 Å². The number of alkyl halides is 3. The lowest BCUT2D eigenvalue weighted by Gasteiger charge is -2.44. The van der Waals surface area contributed by atoms with Gasteiger partial charge < -0.3 is 14.6 Å². The summed E-state index contributed by atoms with van der Waals surface area (Å²) in [5.41, 5.74) is 0. The average Bonchev–Trinajstić information content (AvgIpc) is 2.61. The zero-order chi connectivity index (χ0) is 18.0. The molecule has 0 aromatic carbocycles. The Morgan fingerprint density at radius 2 is 1.44 bits per heavy atom. The Morgan fingerprint density at radius 1 is 0.920 bits per heavy atom. The van der Waals surface area contributed by atoms with Crippen molar-refractivity contribution in [2.45, 2.75) is 88.9 Å². The van der Waals surface area contributed by atoms with E-state index >= 15 is 0 Å². The Hall–Kier alpha value is -0.820. The first-order valence-corrected chi connectivity index (χ1v) is 9.48. The van der Waals surface area contributed by atoms with Gasteiger partial charge in [-0.1, -0.05) is 38.5 Å². The number of ether oxygens (including phenoxy) is 2. The van der Waals surface area contributed by atoms with E-state index in [2.05, 4.69) is 0 Å². The second-order valence-corrected chi connectivity index (χ2v) is 7.71. The largest absolute Gasteiger partial charge is 0.435 e. The zero-order valence-electron chi connectivity index (χ0n) is 14.3. The summed E-state index contributed by atoms with van der Waals surface area (Å²) in [4.78, 5) is 12.4. The van der Waals surface area contributed by atoms with Gasteiger partial charge in [-0.25, -0.2) is 0 Å². The van der Waals surface area contributed by atoms with Gasteiger partial charge in [0.25, 0.3) is 0 Å². The number of aliphatic hydroxyl groups is 1. The Kier molecular flexibility index (Phi) is 5.93. The van der Waals surface area contributed by atoms with Crippen molar-refractivity contribution in [3.63, 3.8) is 0 Å². The van der Waals surface area contributed by atoms with Crippen LogP contribution in [0.4, 0.5) is 13.2 Å². The van der Waals surface area contributed by atoms with Crippen LogP contribution in [0.1, 0.15) is 64.2 Å². The molecule has 2 saturated carbocycles. The van der Waals surface area contributed by atoms with E-state index < -0.39 is 36.6 Å². The highest BCUT2D eigenvalue weighted by atomic mass is 19.4. The van der Waals surface area contributed by atoms with E-state index in [4.69, 9.17) is 9.47 Å². The van der Waals surface area contributed by atoms with Crippen LogP contribution in [0.3, 0.4) is 0 Å². The summed E-state index contributed by atoms with van der Waals surface area (Å²) in [5.74, 6) is -2.72. The van der Waals surface area contributed by atoms with E-state index in [0.29, 0.717) is 0 Å². The first kappa shape index (κ1) is 19.0. The topological polar surface area (TPSA) is 55.8 Å². The van der Waals surface area contributed by atoms with Gasteiger partial charge >= 0.3 is 12.1 Å². The van der Waals surface area contributed by atoms with Gasteiger partial charge in [-0.3, -0.25) is 4.79 Å². The molecule has 1 aliphatic heterocycles. The van der Waals surface area contributed by atoms with Crippen molar-refractivity contribution in [1.82, 2.24) is 0 Å². The molecule has 2 aliphatic carbocycles. The summed E-state index contributed by atoms with van der Waals surface area (Å²) >= 11 is 0. The molecular formula is C18H27F3O4. The SMILES string of the molecule is O=C1O[C@H](C2CCCCC2)O[C@H](C2CCCCC2)[C@H]1[C@@H](O)C(F)(F)F. The number of esters is 1. The van der Waals surface area contributed by atoms with E-state index in [1.54, 1.807) is 0 Å². The third-order valence-electron chi connectivity index (χ3n) is 5.97. The number of halogens is 3. The molecule has 1 N–H and O–H groups in total. The van der Waals surface area contributed by atoms with E-state index in [0.717, 1.165) is 64.2 Å². The zero-order valence-corrected chi connectivity index (χ0v) is 14.3. The minimum absolute atomic E-state index is 0.0489. The van der Waals surface area contributed by atoms with Crippen LogP contribution in [-0.4, -0.2) is 35.8 Å². The van der Waals surface area contributed by atoms with E-state index in [-0.39, 0.29) is 11.8 Å². The van der Waals surface area contributed by atoms with Crippen LogP contribution in [0.15, 0.2) is 0 Å². The quantitative estimate of drug-likeness (QED) is 0.771. The predicted molar refractivity (Wildman–Crippen MR) is 83.5 cm³/mol. The fourth-order valence-corrected chi connectivity index (χ4v) is 4.59. The summed E-state index contributed by atoms with van der Waals surface area (Å²) in [6, 6.07) is 0. The van der Waals surface area contributed by atoms with Gasteiger partial charge in [0.1, 0.15) is 5.92 Å². The van der Waals surface area contributed by atoms with Crippen LogP contribution >= 0.6 is 0 Å². The standard InChI is InChI=1S/C18H27F3O4/c19-18(20,21)15(22)13-14(11-7-3-1-4-8-11)24-17(25-16(13)23)12-9-5-2-6-10-12/h11-15,17,22H,1-10H2/t13-,14+,15+,17+/m0/s1. The average molecular weight is 364 g/mol. The summed E-state index contributed by atoms with van der Waals surface area (Å²) in [6.07, 6.45) is -0.0415. The molecule has 0 radical (unpaired) electrons. The second kappa shape index (κ2) is 7.82. The van der Waals surface area contributed by atoms with Crippen LogP contribution in [0.25, 0.3) is 0 Å². The molecule has 0 spiro atoms. The molecule has 4 atom stereocenters. The van der Waals surface area contributed by atoms with E-state index in [1.165, 1.54) is 0 Å². The van der Waals surface area contributed by atoms with Gasteiger partial charge in [0.2, 0.25) is 6.29 Å². The third-order valence-corrected chi connectivity index (χ3v) is 5.97. The molecule has 0 unspecified atom stereocenters. The summed E-state index contributed by atoms with van der Waals surface area (Å²) in [5, 5.41) is 9.77. The fourth-order valence-electron chi connectivity index (χ4n) is 4.59. The molecule has 0 amide bonds. The van der Waals surface area contributed by atoms with Gasteiger partial charge in [-0.15, -0.1) is 0 Å². The predicted octanol–water partition coefficient (Wildman–Crippen LogP) is 3.95. The van der Waals surface area contributed by atoms with Gasteiger partial charge in [-0.2, -0.15) is 13.2 Å². The monoisotopic (exact) mass is 364 g/mol. The van der Waals surface area contributed by atoms with Crippen LogP contribution in [0.5, 0.6) is 0 Å². The molecule has 1 saturated heterocycles. The molecule has 3 rings (SSSR count). The lowest BCUT2D eigenvalue weighted by molar-refractivity contribution is -0.292. The number of carbonyl (C=O) groups is 1. The van der Waals surface area contributed by atoms with Crippen LogP contribution in [0, 0.1) is 17.8 Å². The Labute approximate surface area is 146 Å². The maximum absolute atomic E-state index is 13.1. The Bertz CT molecular complexity index is 456. The summed E-state index contributed by atoms with van der Waals surface area (Å²) in [7, 11) is 0. The lowest BCUT2D eigenvalue weighted by Crippen LogP contribution is -2.56. The van der Waals surface area contributed by atoms with Gasteiger partial charge in [0.05, 0.1) is 6.10 Å². The first-order chi connectivity index (χ1) is 11.9. The molecule has 0 aromatic rings. The lowest BCUT2D eigenvalue weighted by atomic mass is 9.77. The molecule has 7 heteroatoms. The van der Waals surface area contributed by atoms with Crippen molar-refractivity contribution in [2.75, 3.05) is 0 Å².